The lowest BCUT2D eigenvalue weighted by molar-refractivity contribution is 1.17. The normalized spacial score (nSPS) is 13.1. The van der Waals surface area contributed by atoms with E-state index in [1.54, 1.807) is 0 Å². The lowest BCUT2D eigenvalue weighted by Gasteiger charge is -2.41. The summed E-state index contributed by atoms with van der Waals surface area (Å²) in [6, 6.07) is 114. The van der Waals surface area contributed by atoms with Crippen molar-refractivity contribution in [2.45, 2.75) is 19.6 Å². The van der Waals surface area contributed by atoms with Crippen LogP contribution < -0.4 is 52.4 Å². The fourth-order valence-electron chi connectivity index (χ4n) is 14.4. The summed E-state index contributed by atoms with van der Waals surface area (Å²) < 4.78 is 2.54. The number of nitrogens with zero attached hydrogens (tertiary/aromatic N) is 5. The van der Waals surface area contributed by atoms with Crippen LogP contribution in [-0.4, -0.2) is 18.0 Å². The van der Waals surface area contributed by atoms with E-state index >= 15 is 0 Å². The monoisotopic (exact) mass is 1140 g/mol. The van der Waals surface area contributed by atoms with Crippen molar-refractivity contribution in [3.05, 3.63) is 309 Å². The number of benzene rings is 13. The van der Waals surface area contributed by atoms with Crippen molar-refractivity contribution < 1.29 is 0 Å². The molecule has 0 spiro atoms. The summed E-state index contributed by atoms with van der Waals surface area (Å²) in [6.07, 6.45) is 0. The molecule has 0 saturated heterocycles. The summed E-state index contributed by atoms with van der Waals surface area (Å²) in [5.74, 6) is 0. The first kappa shape index (κ1) is 50.1. The maximum atomic E-state index is 2.58. The van der Waals surface area contributed by atoms with Crippen molar-refractivity contribution in [2.75, 3.05) is 19.6 Å². The van der Waals surface area contributed by atoms with Crippen LogP contribution in [0.5, 0.6) is 0 Å². The number of para-hydroxylation sites is 9. The molecule has 1 aromatic heterocycles. The summed E-state index contributed by atoms with van der Waals surface area (Å²) >= 11 is 3.83. The molecule has 9 heteroatoms. The summed E-state index contributed by atoms with van der Waals surface area (Å²) in [5.41, 5.74) is 25.2. The molecule has 13 aromatic carbocycles. The number of fused-ring (bicyclic) bond motifs is 11. The Labute approximate surface area is 515 Å². The minimum Gasteiger partial charge on any atom is -0.311 e. The van der Waals surface area contributed by atoms with Gasteiger partial charge in [-0.25, -0.2) is 0 Å². The average molecular weight is 1140 g/mol. The van der Waals surface area contributed by atoms with Crippen LogP contribution in [0.25, 0.3) is 27.5 Å². The molecule has 0 unspecified atom stereocenters. The van der Waals surface area contributed by atoms with Crippen LogP contribution in [0.1, 0.15) is 0 Å². The van der Waals surface area contributed by atoms with Crippen molar-refractivity contribution in [3.8, 4) is 5.69 Å². The molecule has 0 atom stereocenters. The number of hydrogen-bond donors (Lipinski definition) is 0. The molecule has 0 fully saturated rings. The van der Waals surface area contributed by atoms with Crippen LogP contribution in [0.3, 0.4) is 0 Å². The van der Waals surface area contributed by atoms with E-state index in [9.17, 15) is 0 Å². The zero-order valence-corrected chi connectivity index (χ0v) is 48.8. The first-order valence-corrected chi connectivity index (χ1v) is 31.4. The van der Waals surface area contributed by atoms with Gasteiger partial charge in [-0.3, -0.25) is 0 Å². The van der Waals surface area contributed by atoms with Crippen molar-refractivity contribution in [1.82, 2.24) is 4.57 Å². The van der Waals surface area contributed by atoms with Crippen LogP contribution in [0.4, 0.5) is 68.2 Å². The summed E-state index contributed by atoms with van der Waals surface area (Å²) in [5, 5.41) is 2.50. The zero-order valence-electron chi connectivity index (χ0n) is 47.2. The van der Waals surface area contributed by atoms with Gasteiger partial charge in [-0.2, -0.15) is 0 Å². The van der Waals surface area contributed by atoms with E-state index in [2.05, 4.69) is 334 Å². The molecule has 4 aliphatic rings. The van der Waals surface area contributed by atoms with Gasteiger partial charge in [-0.15, -0.1) is 0 Å². The van der Waals surface area contributed by atoms with Crippen molar-refractivity contribution in [3.63, 3.8) is 0 Å². The smallest absolute Gasteiger partial charge is 0.249 e. The molecular formula is C78H51B2N5S2. The Balaban J connectivity index is 0.884. The lowest BCUT2D eigenvalue weighted by atomic mass is 9.34. The minimum absolute atomic E-state index is 0.0322. The van der Waals surface area contributed by atoms with Gasteiger partial charge in [0.25, 0.3) is 0 Å². The van der Waals surface area contributed by atoms with Gasteiger partial charge < -0.3 is 24.2 Å². The van der Waals surface area contributed by atoms with E-state index in [1.165, 1.54) is 96.9 Å². The Morgan fingerprint density at radius 2 is 0.575 bits per heavy atom. The number of rotatable bonds is 9. The van der Waals surface area contributed by atoms with Crippen LogP contribution in [-0.2, 0) is 0 Å². The first-order valence-electron chi connectivity index (χ1n) is 29.8. The third-order valence-corrected chi connectivity index (χ3v) is 20.2. The van der Waals surface area contributed by atoms with Crippen LogP contribution in [0.2, 0.25) is 0 Å². The Morgan fingerprint density at radius 3 is 0.943 bits per heavy atom. The summed E-state index contributed by atoms with van der Waals surface area (Å²) in [7, 11) is 0. The molecule has 0 N–H and O–H groups in total. The molecule has 87 heavy (non-hydrogen) atoms. The molecule has 5 heterocycles. The highest BCUT2D eigenvalue weighted by Gasteiger charge is 2.44. The maximum absolute atomic E-state index is 2.58. The van der Waals surface area contributed by atoms with Gasteiger partial charge in [0.1, 0.15) is 0 Å². The molecule has 14 aromatic rings. The van der Waals surface area contributed by atoms with Gasteiger partial charge in [0.2, 0.25) is 13.4 Å². The number of aromatic nitrogens is 1. The highest BCUT2D eigenvalue weighted by molar-refractivity contribution is 8.00. The topological polar surface area (TPSA) is 17.9 Å². The number of hydrogen-bond acceptors (Lipinski definition) is 6. The second-order valence-electron chi connectivity index (χ2n) is 22.8. The highest BCUT2D eigenvalue weighted by Crippen LogP contribution is 2.50. The summed E-state index contributed by atoms with van der Waals surface area (Å²) in [6.45, 7) is -0.0644. The summed E-state index contributed by atoms with van der Waals surface area (Å²) in [4.78, 5) is 14.9. The predicted molar refractivity (Wildman–Crippen MR) is 370 cm³/mol. The largest absolute Gasteiger partial charge is 0.311 e. The van der Waals surface area contributed by atoms with E-state index in [-0.39, 0.29) is 13.4 Å². The van der Waals surface area contributed by atoms with E-state index in [4.69, 9.17) is 0 Å². The Kier molecular flexibility index (Phi) is 11.6. The van der Waals surface area contributed by atoms with E-state index in [0.717, 1.165) is 51.2 Å². The van der Waals surface area contributed by atoms with Gasteiger partial charge in [0, 0.05) is 104 Å². The second-order valence-corrected chi connectivity index (χ2v) is 24.9. The molecule has 0 aliphatic carbocycles. The van der Waals surface area contributed by atoms with Crippen LogP contribution >= 0.6 is 23.5 Å². The Bertz CT molecular complexity index is 4640. The Hall–Kier alpha value is -10.3. The van der Waals surface area contributed by atoms with E-state index in [0.29, 0.717) is 0 Å². The second kappa shape index (κ2) is 20.2. The lowest BCUT2D eigenvalue weighted by Crippen LogP contribution is -2.60. The molecule has 0 radical (unpaired) electrons. The van der Waals surface area contributed by atoms with Crippen LogP contribution in [0, 0.1) is 0 Å². The molecule has 0 bridgehead atoms. The van der Waals surface area contributed by atoms with E-state index < -0.39 is 0 Å². The van der Waals surface area contributed by atoms with Crippen molar-refractivity contribution >= 4 is 160 Å². The third-order valence-electron chi connectivity index (χ3n) is 18.0. The fourth-order valence-corrected chi connectivity index (χ4v) is 16.8. The van der Waals surface area contributed by atoms with Crippen LogP contribution in [0.15, 0.2) is 329 Å². The first-order chi connectivity index (χ1) is 43.2. The fraction of sp³-hybridized carbons (Fsp3) is 0. The molecule has 0 saturated carbocycles. The molecular weight excluding hydrogens is 1090 g/mol. The quantitative estimate of drug-likeness (QED) is 0.133. The van der Waals surface area contributed by atoms with Gasteiger partial charge in [0.15, 0.2) is 0 Å². The number of anilines is 12. The third kappa shape index (κ3) is 7.93. The Morgan fingerprint density at radius 1 is 0.253 bits per heavy atom. The van der Waals surface area contributed by atoms with Crippen molar-refractivity contribution in [1.29, 1.82) is 0 Å². The van der Waals surface area contributed by atoms with Crippen molar-refractivity contribution in [2.24, 2.45) is 0 Å². The van der Waals surface area contributed by atoms with Gasteiger partial charge in [-0.05, 0) is 155 Å². The molecule has 18 rings (SSSR count). The van der Waals surface area contributed by atoms with E-state index in [1.807, 2.05) is 23.5 Å². The predicted octanol–water partition coefficient (Wildman–Crippen LogP) is 17.3. The zero-order chi connectivity index (χ0) is 57.1. The highest BCUT2D eigenvalue weighted by atomic mass is 32.2. The molecule has 0 amide bonds. The van der Waals surface area contributed by atoms with Gasteiger partial charge >= 0.3 is 0 Å². The minimum atomic E-state index is -0.0322. The van der Waals surface area contributed by atoms with Gasteiger partial charge in [0.05, 0.1) is 11.0 Å². The molecule has 5 nitrogen and oxygen atoms in total. The average Bonchev–Trinajstić information content (AvgIpc) is 1.71. The molecule has 406 valence electrons. The maximum Gasteiger partial charge on any atom is 0.249 e. The van der Waals surface area contributed by atoms with Gasteiger partial charge in [-0.1, -0.05) is 210 Å². The SMILES string of the molecule is c1ccc(N(c2ccccc2)c2cc3c4c(c2)N(c2ccccc2)c2ccccc2B4c2cc4c5cc6c(cc5n(-c5ccccc5)c4cc2S3)Sc2cc(N(c3ccccc3)c3ccccc3)cc3c2B6c2ccccc2N3c2ccccc2)cc1. The standard InChI is InChI=1S/C78H51B2N5S2/c1-8-26-52(27-9-1)81(53-28-10-2-11-29-53)59-44-71-77-75(46-59)86-73-50-69-61(48-65(73)79(77)63-40-22-24-42-67(63)83(71)56-34-16-5-17-35-56)62-49-66-74(51-70(62)85(69)58-38-20-7-21-39-58)87-76-47-60(82(54-30-12-3-13-31-54)55-32-14-4-15-33-55)45-72-78(76)80(66)64-41-23-25-43-68(64)84(72)57-36-18-6-19-37-57/h1-51H. The molecule has 4 aliphatic heterocycles.